The highest BCUT2D eigenvalue weighted by atomic mass is 32.1. The van der Waals surface area contributed by atoms with Crippen molar-refractivity contribution in [2.75, 3.05) is 14.2 Å². The summed E-state index contributed by atoms with van der Waals surface area (Å²) in [6, 6.07) is 10.4. The predicted molar refractivity (Wildman–Crippen MR) is 104 cm³/mol. The van der Waals surface area contributed by atoms with E-state index in [9.17, 15) is 0 Å². The molecule has 1 atom stereocenters. The van der Waals surface area contributed by atoms with Crippen molar-refractivity contribution in [3.63, 3.8) is 0 Å². The molecule has 1 N–H and O–H groups in total. The number of nitrogens with zero attached hydrogens (tertiary/aromatic N) is 1. The highest BCUT2D eigenvalue weighted by molar-refractivity contribution is 7.10. The number of nitrogens with one attached hydrogen (secondary N) is 1. The van der Waals surface area contributed by atoms with E-state index in [1.165, 1.54) is 4.88 Å². The summed E-state index contributed by atoms with van der Waals surface area (Å²) in [5.74, 6) is 1.60. The molecule has 6 heteroatoms. The van der Waals surface area contributed by atoms with E-state index in [1.807, 2.05) is 25.1 Å². The zero-order valence-corrected chi connectivity index (χ0v) is 16.2. The average molecular weight is 375 g/mol. The van der Waals surface area contributed by atoms with Gasteiger partial charge in [0, 0.05) is 35.0 Å². The van der Waals surface area contributed by atoms with E-state index in [0.29, 0.717) is 0 Å². The Bertz CT molecular complexity index is 777. The Morgan fingerprint density at radius 3 is 2.44 bits per heavy atom. The van der Waals surface area contributed by atoms with Gasteiger partial charge in [-0.1, -0.05) is 6.07 Å². The van der Waals surface area contributed by atoms with Crippen molar-refractivity contribution >= 4 is 22.7 Å². The van der Waals surface area contributed by atoms with Gasteiger partial charge in [0.25, 0.3) is 0 Å². The van der Waals surface area contributed by atoms with Crippen molar-refractivity contribution in [3.8, 4) is 11.5 Å². The van der Waals surface area contributed by atoms with Crippen LogP contribution in [0.25, 0.3) is 0 Å². The number of aryl methyl sites for hydroxylation is 1. The van der Waals surface area contributed by atoms with E-state index in [-0.39, 0.29) is 6.04 Å². The summed E-state index contributed by atoms with van der Waals surface area (Å²) in [5.41, 5.74) is 2.20. The van der Waals surface area contributed by atoms with Gasteiger partial charge in [-0.2, -0.15) is 0 Å². The Morgan fingerprint density at radius 2 is 1.88 bits per heavy atom. The topological polar surface area (TPSA) is 43.4 Å². The van der Waals surface area contributed by atoms with Crippen LogP contribution in [0, 0.1) is 6.92 Å². The summed E-state index contributed by atoms with van der Waals surface area (Å²) in [5, 5.41) is 9.00. The molecule has 3 rings (SSSR count). The maximum atomic E-state index is 5.36. The molecular formula is C19H22N2O2S2. The molecule has 1 aromatic carbocycles. The smallest absolute Gasteiger partial charge is 0.122 e. The summed E-state index contributed by atoms with van der Waals surface area (Å²) < 4.78 is 10.7. The van der Waals surface area contributed by atoms with E-state index < -0.39 is 0 Å². The molecule has 25 heavy (non-hydrogen) atoms. The van der Waals surface area contributed by atoms with Crippen LogP contribution in [0.2, 0.25) is 0 Å². The summed E-state index contributed by atoms with van der Waals surface area (Å²) in [7, 11) is 3.34. The molecule has 3 aromatic rings. The fourth-order valence-corrected chi connectivity index (χ4v) is 4.24. The minimum Gasteiger partial charge on any atom is -0.497 e. The molecule has 0 fully saturated rings. The van der Waals surface area contributed by atoms with Crippen LogP contribution in [-0.2, 0) is 13.0 Å². The van der Waals surface area contributed by atoms with Gasteiger partial charge >= 0.3 is 0 Å². The quantitative estimate of drug-likeness (QED) is 0.626. The van der Waals surface area contributed by atoms with Gasteiger partial charge in [0.15, 0.2) is 0 Å². The molecule has 0 aliphatic rings. The molecule has 4 nitrogen and oxygen atoms in total. The fraction of sp³-hybridized carbons (Fsp3) is 0.316. The second kappa shape index (κ2) is 8.47. The lowest BCUT2D eigenvalue weighted by Crippen LogP contribution is -2.22. The molecule has 132 valence electrons. The van der Waals surface area contributed by atoms with Crippen LogP contribution in [-0.4, -0.2) is 19.2 Å². The zero-order valence-electron chi connectivity index (χ0n) is 14.6. The summed E-state index contributed by atoms with van der Waals surface area (Å²) >= 11 is 3.49. The number of methoxy groups -OCH3 is 2. The Morgan fingerprint density at radius 1 is 1.12 bits per heavy atom. The van der Waals surface area contributed by atoms with Crippen LogP contribution in [0.5, 0.6) is 11.5 Å². The maximum absolute atomic E-state index is 5.36. The Balaban J connectivity index is 1.76. The zero-order chi connectivity index (χ0) is 17.6. The largest absolute Gasteiger partial charge is 0.497 e. The number of hydrogen-bond acceptors (Lipinski definition) is 6. The lowest BCUT2D eigenvalue weighted by molar-refractivity contribution is 0.392. The van der Waals surface area contributed by atoms with Crippen molar-refractivity contribution in [3.05, 3.63) is 62.2 Å². The Hall–Kier alpha value is -1.89. The number of hydrogen-bond donors (Lipinski definition) is 1. The summed E-state index contributed by atoms with van der Waals surface area (Å²) in [6.07, 6.45) is 0.936. The van der Waals surface area contributed by atoms with E-state index in [0.717, 1.165) is 40.7 Å². The first kappa shape index (κ1) is 17.9. The first-order chi connectivity index (χ1) is 12.2. The van der Waals surface area contributed by atoms with Crippen LogP contribution in [0.1, 0.15) is 27.2 Å². The SMILES string of the molecule is COc1cc(CN[C@H](Cc2cccs2)c2nc(C)cs2)cc(OC)c1. The lowest BCUT2D eigenvalue weighted by atomic mass is 10.1. The van der Waals surface area contributed by atoms with Gasteiger partial charge in [-0.15, -0.1) is 22.7 Å². The molecule has 0 aliphatic carbocycles. The van der Waals surface area contributed by atoms with Gasteiger partial charge < -0.3 is 14.8 Å². The number of aromatic nitrogens is 1. The molecule has 0 radical (unpaired) electrons. The van der Waals surface area contributed by atoms with Crippen molar-refractivity contribution in [2.45, 2.75) is 25.9 Å². The first-order valence-electron chi connectivity index (χ1n) is 8.07. The van der Waals surface area contributed by atoms with Crippen molar-refractivity contribution in [1.29, 1.82) is 0 Å². The van der Waals surface area contributed by atoms with E-state index in [2.05, 4.69) is 33.2 Å². The van der Waals surface area contributed by atoms with Crippen molar-refractivity contribution in [1.82, 2.24) is 10.3 Å². The van der Waals surface area contributed by atoms with Crippen LogP contribution in [0.4, 0.5) is 0 Å². The third-order valence-corrected chi connectivity index (χ3v) is 5.86. The van der Waals surface area contributed by atoms with E-state index in [1.54, 1.807) is 36.9 Å². The molecule has 2 aromatic heterocycles. The number of ether oxygens (including phenoxy) is 2. The van der Waals surface area contributed by atoms with Crippen LogP contribution < -0.4 is 14.8 Å². The minimum atomic E-state index is 0.189. The van der Waals surface area contributed by atoms with Gasteiger partial charge in [-0.05, 0) is 36.1 Å². The number of thiophene rings is 1. The Labute approximate surface area is 156 Å². The average Bonchev–Trinajstić information content (AvgIpc) is 3.29. The predicted octanol–water partition coefficient (Wildman–Crippen LogP) is 4.60. The second-order valence-electron chi connectivity index (χ2n) is 5.77. The molecule has 2 heterocycles. The lowest BCUT2D eigenvalue weighted by Gasteiger charge is -2.17. The van der Waals surface area contributed by atoms with Crippen molar-refractivity contribution < 1.29 is 9.47 Å². The second-order valence-corrected chi connectivity index (χ2v) is 7.69. The van der Waals surface area contributed by atoms with Gasteiger partial charge in [0.2, 0.25) is 0 Å². The highest BCUT2D eigenvalue weighted by Gasteiger charge is 2.16. The third-order valence-electron chi connectivity index (χ3n) is 3.88. The number of rotatable bonds is 8. The molecule has 0 unspecified atom stereocenters. The molecule has 0 spiro atoms. The van der Waals surface area contributed by atoms with Gasteiger partial charge in [-0.3, -0.25) is 0 Å². The Kier molecular flexibility index (Phi) is 6.07. The summed E-state index contributed by atoms with van der Waals surface area (Å²) in [6.45, 7) is 2.76. The molecule has 0 saturated carbocycles. The van der Waals surface area contributed by atoms with Gasteiger partial charge in [0.05, 0.1) is 20.3 Å². The summed E-state index contributed by atoms with van der Waals surface area (Å²) in [4.78, 5) is 6.04. The fourth-order valence-electron chi connectivity index (χ4n) is 2.62. The van der Waals surface area contributed by atoms with Gasteiger partial charge in [0.1, 0.15) is 16.5 Å². The number of thiazole rings is 1. The molecule has 0 aliphatic heterocycles. The highest BCUT2D eigenvalue weighted by Crippen LogP contribution is 2.26. The monoisotopic (exact) mass is 374 g/mol. The van der Waals surface area contributed by atoms with Crippen LogP contribution >= 0.6 is 22.7 Å². The van der Waals surface area contributed by atoms with E-state index in [4.69, 9.17) is 9.47 Å². The number of benzene rings is 1. The molecule has 0 amide bonds. The first-order valence-corrected chi connectivity index (χ1v) is 9.83. The third kappa shape index (κ3) is 4.81. The van der Waals surface area contributed by atoms with E-state index >= 15 is 0 Å². The normalized spacial score (nSPS) is 12.1. The van der Waals surface area contributed by atoms with Crippen LogP contribution in [0.15, 0.2) is 41.1 Å². The molecule has 0 bridgehead atoms. The maximum Gasteiger partial charge on any atom is 0.122 e. The van der Waals surface area contributed by atoms with Crippen molar-refractivity contribution in [2.24, 2.45) is 0 Å². The van der Waals surface area contributed by atoms with Crippen LogP contribution in [0.3, 0.4) is 0 Å². The molecule has 0 saturated heterocycles. The standard InChI is InChI=1S/C19H22N2O2S2/c1-13-12-25-19(21-13)18(10-17-5-4-6-24-17)20-11-14-7-15(22-2)9-16(8-14)23-3/h4-9,12,18,20H,10-11H2,1-3H3/t18-/m1/s1. The van der Waals surface area contributed by atoms with Gasteiger partial charge in [-0.25, -0.2) is 4.98 Å². The minimum absolute atomic E-state index is 0.189. The molecular weight excluding hydrogens is 352 g/mol.